The van der Waals surface area contributed by atoms with Gasteiger partial charge in [-0.3, -0.25) is 4.79 Å². The van der Waals surface area contributed by atoms with Crippen LogP contribution in [0.15, 0.2) is 34.1 Å². The van der Waals surface area contributed by atoms with Gasteiger partial charge < -0.3 is 5.11 Å². The van der Waals surface area contributed by atoms with Crippen LogP contribution in [0.5, 0.6) is 0 Å². The van der Waals surface area contributed by atoms with Crippen molar-refractivity contribution in [3.63, 3.8) is 0 Å². The average molecular weight is 390 g/mol. The van der Waals surface area contributed by atoms with Crippen LogP contribution in [-0.2, 0) is 24.8 Å². The Morgan fingerprint density at radius 3 is 2.24 bits per heavy atom. The standard InChI is InChI=1S/C15H22N2O6S2/c1-3-9-16-24(20,21)12-4-6-13(7-5-12)25(22,23)17-10-8-15(2,11-17)14(18)19/h4-7,16H,3,8-11H2,1-2H3,(H,18,19). The lowest BCUT2D eigenvalue weighted by atomic mass is 9.90. The minimum Gasteiger partial charge on any atom is -0.481 e. The van der Waals surface area contributed by atoms with Gasteiger partial charge in [-0.05, 0) is 44.0 Å². The molecule has 1 aromatic carbocycles. The highest BCUT2D eigenvalue weighted by molar-refractivity contribution is 7.89. The molecular formula is C15H22N2O6S2. The molecule has 1 unspecified atom stereocenters. The van der Waals surface area contributed by atoms with Gasteiger partial charge in [0.15, 0.2) is 0 Å². The number of aliphatic carboxylic acids is 1. The van der Waals surface area contributed by atoms with Crippen molar-refractivity contribution in [1.29, 1.82) is 0 Å². The topological polar surface area (TPSA) is 121 Å². The van der Waals surface area contributed by atoms with Crippen molar-refractivity contribution in [1.82, 2.24) is 9.03 Å². The number of nitrogens with one attached hydrogen (secondary N) is 1. The molecule has 0 aromatic heterocycles. The van der Waals surface area contributed by atoms with Gasteiger partial charge in [-0.1, -0.05) is 6.92 Å². The van der Waals surface area contributed by atoms with E-state index in [1.165, 1.54) is 31.2 Å². The molecule has 10 heteroatoms. The Morgan fingerprint density at radius 1 is 1.20 bits per heavy atom. The van der Waals surface area contributed by atoms with E-state index < -0.39 is 31.4 Å². The zero-order valence-corrected chi connectivity index (χ0v) is 15.7. The molecule has 1 heterocycles. The van der Waals surface area contributed by atoms with Crippen LogP contribution >= 0.6 is 0 Å². The molecule has 25 heavy (non-hydrogen) atoms. The van der Waals surface area contributed by atoms with Crippen LogP contribution in [-0.4, -0.2) is 51.9 Å². The Labute approximate surface area is 147 Å². The van der Waals surface area contributed by atoms with Gasteiger partial charge in [0, 0.05) is 19.6 Å². The van der Waals surface area contributed by atoms with Crippen molar-refractivity contribution in [2.24, 2.45) is 5.41 Å². The first-order valence-corrected chi connectivity index (χ1v) is 10.8. The van der Waals surface area contributed by atoms with Crippen LogP contribution in [0.3, 0.4) is 0 Å². The number of benzene rings is 1. The van der Waals surface area contributed by atoms with Crippen LogP contribution in [0.4, 0.5) is 0 Å². The summed E-state index contributed by atoms with van der Waals surface area (Å²) in [5.41, 5.74) is -1.11. The van der Waals surface area contributed by atoms with E-state index >= 15 is 0 Å². The fourth-order valence-corrected chi connectivity index (χ4v) is 5.26. The quantitative estimate of drug-likeness (QED) is 0.712. The van der Waals surface area contributed by atoms with Crippen LogP contribution < -0.4 is 4.72 Å². The number of carboxylic acids is 1. The molecular weight excluding hydrogens is 368 g/mol. The monoisotopic (exact) mass is 390 g/mol. The normalized spacial score (nSPS) is 22.2. The molecule has 1 aliphatic heterocycles. The largest absolute Gasteiger partial charge is 0.481 e. The fraction of sp³-hybridized carbons (Fsp3) is 0.533. The highest BCUT2D eigenvalue weighted by Crippen LogP contribution is 2.33. The number of rotatable bonds is 7. The summed E-state index contributed by atoms with van der Waals surface area (Å²) in [6, 6.07) is 4.92. The van der Waals surface area contributed by atoms with Gasteiger partial charge in [0.1, 0.15) is 0 Å². The van der Waals surface area contributed by atoms with Crippen molar-refractivity contribution >= 4 is 26.0 Å². The summed E-state index contributed by atoms with van der Waals surface area (Å²) in [7, 11) is -7.54. The van der Waals surface area contributed by atoms with Gasteiger partial charge in [-0.2, -0.15) is 4.31 Å². The van der Waals surface area contributed by atoms with Crippen LogP contribution in [0.2, 0.25) is 0 Å². The van der Waals surface area contributed by atoms with Crippen LogP contribution in [0.25, 0.3) is 0 Å². The maximum absolute atomic E-state index is 12.6. The van der Waals surface area contributed by atoms with Crippen molar-refractivity contribution < 1.29 is 26.7 Å². The molecule has 0 saturated carbocycles. The zero-order valence-electron chi connectivity index (χ0n) is 14.1. The van der Waals surface area contributed by atoms with Crippen LogP contribution in [0, 0.1) is 5.41 Å². The number of hydrogen-bond donors (Lipinski definition) is 2. The predicted octanol–water partition coefficient (Wildman–Crippen LogP) is 0.860. The Hall–Kier alpha value is -1.49. The number of hydrogen-bond acceptors (Lipinski definition) is 5. The number of carbonyl (C=O) groups is 1. The molecule has 0 bridgehead atoms. The summed E-state index contributed by atoms with van der Waals surface area (Å²) in [6.45, 7) is 3.65. The van der Waals surface area contributed by atoms with E-state index in [-0.39, 0.29) is 29.3 Å². The van der Waals surface area contributed by atoms with Gasteiger partial charge in [0.2, 0.25) is 20.0 Å². The molecule has 1 fully saturated rings. The van der Waals surface area contributed by atoms with Crippen molar-refractivity contribution in [3.8, 4) is 0 Å². The summed E-state index contributed by atoms with van der Waals surface area (Å²) in [4.78, 5) is 11.2. The lowest BCUT2D eigenvalue weighted by Gasteiger charge is -2.20. The Kier molecular flexibility index (Phi) is 5.57. The van der Waals surface area contributed by atoms with Crippen molar-refractivity contribution in [2.75, 3.05) is 19.6 Å². The van der Waals surface area contributed by atoms with E-state index in [4.69, 9.17) is 0 Å². The molecule has 2 N–H and O–H groups in total. The summed E-state index contributed by atoms with van der Waals surface area (Å²) < 4.78 is 52.9. The molecule has 1 saturated heterocycles. The molecule has 1 atom stereocenters. The summed E-state index contributed by atoms with van der Waals surface area (Å²) in [6.07, 6.45) is 0.873. The van der Waals surface area contributed by atoms with Crippen molar-refractivity contribution in [3.05, 3.63) is 24.3 Å². The Bertz CT molecular complexity index is 849. The van der Waals surface area contributed by atoms with E-state index in [1.807, 2.05) is 6.92 Å². The van der Waals surface area contributed by atoms with E-state index in [9.17, 15) is 26.7 Å². The first-order chi connectivity index (χ1) is 11.5. The summed E-state index contributed by atoms with van der Waals surface area (Å²) in [5, 5.41) is 9.23. The third-order valence-corrected chi connectivity index (χ3v) is 7.60. The van der Waals surface area contributed by atoms with Crippen LogP contribution in [0.1, 0.15) is 26.7 Å². The molecule has 0 amide bonds. The second kappa shape index (κ2) is 7.02. The molecule has 0 spiro atoms. The smallest absolute Gasteiger partial charge is 0.310 e. The molecule has 1 aliphatic rings. The minimum absolute atomic E-state index is 0.0169. The fourth-order valence-electron chi connectivity index (χ4n) is 2.56. The minimum atomic E-state index is -3.87. The SMILES string of the molecule is CCCNS(=O)(=O)c1ccc(S(=O)(=O)N2CCC(C)(C(=O)O)C2)cc1. The Morgan fingerprint density at radius 2 is 1.76 bits per heavy atom. The lowest BCUT2D eigenvalue weighted by Crippen LogP contribution is -2.34. The summed E-state index contributed by atoms with van der Waals surface area (Å²) in [5.74, 6) is -1.03. The maximum atomic E-state index is 12.6. The molecule has 0 aliphatic carbocycles. The first-order valence-electron chi connectivity index (χ1n) is 7.86. The van der Waals surface area contributed by atoms with Gasteiger partial charge in [0.05, 0.1) is 15.2 Å². The van der Waals surface area contributed by atoms with E-state index in [2.05, 4.69) is 4.72 Å². The van der Waals surface area contributed by atoms with E-state index in [1.54, 1.807) is 0 Å². The number of sulfonamides is 2. The van der Waals surface area contributed by atoms with E-state index in [0.717, 1.165) is 4.31 Å². The molecule has 1 aromatic rings. The third-order valence-electron chi connectivity index (χ3n) is 4.27. The first kappa shape index (κ1) is 19.8. The van der Waals surface area contributed by atoms with Gasteiger partial charge in [0.25, 0.3) is 0 Å². The van der Waals surface area contributed by atoms with Gasteiger partial charge in [-0.25, -0.2) is 21.6 Å². The second-order valence-corrected chi connectivity index (χ2v) is 10.0. The molecule has 0 radical (unpaired) electrons. The predicted molar refractivity (Wildman–Crippen MR) is 91.0 cm³/mol. The summed E-state index contributed by atoms with van der Waals surface area (Å²) >= 11 is 0. The second-order valence-electron chi connectivity index (χ2n) is 6.32. The maximum Gasteiger partial charge on any atom is 0.310 e. The lowest BCUT2D eigenvalue weighted by molar-refractivity contribution is -0.146. The average Bonchev–Trinajstić information content (AvgIpc) is 2.98. The highest BCUT2D eigenvalue weighted by Gasteiger charge is 2.44. The van der Waals surface area contributed by atoms with Gasteiger partial charge in [-0.15, -0.1) is 0 Å². The van der Waals surface area contributed by atoms with Crippen molar-refractivity contribution in [2.45, 2.75) is 36.5 Å². The highest BCUT2D eigenvalue weighted by atomic mass is 32.2. The number of carboxylic acid groups (broad SMARTS) is 1. The molecule has 8 nitrogen and oxygen atoms in total. The Balaban J connectivity index is 2.23. The van der Waals surface area contributed by atoms with E-state index in [0.29, 0.717) is 13.0 Å². The number of nitrogens with zero attached hydrogens (tertiary/aromatic N) is 1. The van der Waals surface area contributed by atoms with Gasteiger partial charge >= 0.3 is 5.97 Å². The molecule has 140 valence electrons. The zero-order chi connectivity index (χ0) is 18.9. The third kappa shape index (κ3) is 4.02. The molecule has 2 rings (SSSR count).